The van der Waals surface area contributed by atoms with Gasteiger partial charge < -0.3 is 4.74 Å². The van der Waals surface area contributed by atoms with Crippen molar-refractivity contribution in [3.63, 3.8) is 0 Å². The Kier molecular flexibility index (Phi) is 4.54. The molecule has 3 heteroatoms. The van der Waals surface area contributed by atoms with Gasteiger partial charge in [0.1, 0.15) is 5.75 Å². The lowest BCUT2D eigenvalue weighted by Crippen LogP contribution is -1.98. The molecule has 0 aliphatic carbocycles. The summed E-state index contributed by atoms with van der Waals surface area (Å²) in [6, 6.07) is 12.2. The zero-order chi connectivity index (χ0) is 14.0. The first-order valence-corrected chi connectivity index (χ1v) is 7.31. The molecular formula is C16H16BrClO. The molecule has 0 fully saturated rings. The standard InChI is InChI=1S/C16H16BrClO/c1-10-8-12(9-11(2)16(10)19-3)15(18)13-6-4-5-7-14(13)17/h4-9,15H,1-3H3. The summed E-state index contributed by atoms with van der Waals surface area (Å²) in [5.74, 6) is 0.930. The van der Waals surface area contributed by atoms with Crippen LogP contribution >= 0.6 is 27.5 Å². The van der Waals surface area contributed by atoms with E-state index in [1.54, 1.807) is 7.11 Å². The first kappa shape index (κ1) is 14.4. The number of hydrogen-bond donors (Lipinski definition) is 0. The third-order valence-electron chi connectivity index (χ3n) is 3.16. The van der Waals surface area contributed by atoms with Gasteiger partial charge in [0.05, 0.1) is 12.5 Å². The molecule has 0 spiro atoms. The summed E-state index contributed by atoms with van der Waals surface area (Å²) in [5, 5.41) is -0.168. The first-order valence-electron chi connectivity index (χ1n) is 6.08. The fourth-order valence-corrected chi connectivity index (χ4v) is 3.27. The molecule has 2 rings (SSSR count). The number of methoxy groups -OCH3 is 1. The van der Waals surface area contributed by atoms with Gasteiger partial charge in [-0.2, -0.15) is 0 Å². The van der Waals surface area contributed by atoms with Crippen molar-refractivity contribution in [3.05, 3.63) is 63.1 Å². The van der Waals surface area contributed by atoms with E-state index in [2.05, 4.69) is 28.1 Å². The number of aryl methyl sites for hydroxylation is 2. The van der Waals surface area contributed by atoms with Crippen molar-refractivity contribution in [1.29, 1.82) is 0 Å². The quantitative estimate of drug-likeness (QED) is 0.680. The van der Waals surface area contributed by atoms with Crippen molar-refractivity contribution >= 4 is 27.5 Å². The molecule has 1 nitrogen and oxygen atoms in total. The van der Waals surface area contributed by atoms with E-state index in [0.29, 0.717) is 0 Å². The smallest absolute Gasteiger partial charge is 0.124 e. The number of hydrogen-bond acceptors (Lipinski definition) is 1. The second-order valence-electron chi connectivity index (χ2n) is 4.57. The Bertz CT molecular complexity index is 572. The molecule has 0 saturated carbocycles. The van der Waals surface area contributed by atoms with Crippen LogP contribution in [-0.4, -0.2) is 7.11 Å². The molecule has 0 heterocycles. The maximum Gasteiger partial charge on any atom is 0.124 e. The van der Waals surface area contributed by atoms with E-state index in [0.717, 1.165) is 32.5 Å². The van der Waals surface area contributed by atoms with Crippen molar-refractivity contribution in [2.24, 2.45) is 0 Å². The van der Waals surface area contributed by atoms with Gasteiger partial charge in [0, 0.05) is 4.47 Å². The number of ether oxygens (including phenoxy) is 1. The SMILES string of the molecule is COc1c(C)cc(C(Cl)c2ccccc2Br)cc1C. The van der Waals surface area contributed by atoms with Crippen molar-refractivity contribution in [2.45, 2.75) is 19.2 Å². The summed E-state index contributed by atoms with van der Waals surface area (Å²) in [5.41, 5.74) is 4.38. The van der Waals surface area contributed by atoms with Crippen molar-refractivity contribution in [2.75, 3.05) is 7.11 Å². The lowest BCUT2D eigenvalue weighted by atomic mass is 9.99. The molecule has 1 atom stereocenters. The monoisotopic (exact) mass is 338 g/mol. The van der Waals surface area contributed by atoms with Gasteiger partial charge in [0.2, 0.25) is 0 Å². The van der Waals surface area contributed by atoms with Crippen LogP contribution in [0.1, 0.15) is 27.6 Å². The number of halogens is 2. The predicted octanol–water partition coefficient (Wildman–Crippen LogP) is 5.40. The minimum absolute atomic E-state index is 0.168. The van der Waals surface area contributed by atoms with E-state index in [4.69, 9.17) is 16.3 Å². The van der Waals surface area contributed by atoms with E-state index >= 15 is 0 Å². The van der Waals surface area contributed by atoms with Gasteiger partial charge in [0.25, 0.3) is 0 Å². The van der Waals surface area contributed by atoms with Gasteiger partial charge in [-0.25, -0.2) is 0 Å². The van der Waals surface area contributed by atoms with Gasteiger partial charge in [-0.15, -0.1) is 11.6 Å². The third-order valence-corrected chi connectivity index (χ3v) is 4.37. The molecule has 0 bridgehead atoms. The highest BCUT2D eigenvalue weighted by Gasteiger charge is 2.16. The second kappa shape index (κ2) is 5.98. The molecule has 0 aliphatic heterocycles. The summed E-state index contributed by atoms with van der Waals surface area (Å²) in [6.07, 6.45) is 0. The Labute approximate surface area is 127 Å². The van der Waals surface area contributed by atoms with Crippen LogP contribution in [0.2, 0.25) is 0 Å². The number of alkyl halides is 1. The summed E-state index contributed by atoms with van der Waals surface area (Å²) in [7, 11) is 1.70. The third kappa shape index (κ3) is 2.96. The number of benzene rings is 2. The largest absolute Gasteiger partial charge is 0.496 e. The topological polar surface area (TPSA) is 9.23 Å². The van der Waals surface area contributed by atoms with E-state index in [1.165, 1.54) is 0 Å². The molecule has 100 valence electrons. The fraction of sp³-hybridized carbons (Fsp3) is 0.250. The number of rotatable bonds is 3. The molecular weight excluding hydrogens is 324 g/mol. The molecule has 0 radical (unpaired) electrons. The fourth-order valence-electron chi connectivity index (χ4n) is 2.31. The minimum Gasteiger partial charge on any atom is -0.496 e. The maximum absolute atomic E-state index is 6.61. The van der Waals surface area contributed by atoms with Crippen LogP contribution in [0.4, 0.5) is 0 Å². The van der Waals surface area contributed by atoms with Crippen LogP contribution in [0.15, 0.2) is 40.9 Å². The highest BCUT2D eigenvalue weighted by atomic mass is 79.9. The van der Waals surface area contributed by atoms with Crippen LogP contribution in [0.5, 0.6) is 5.75 Å². The molecule has 0 aliphatic rings. The van der Waals surface area contributed by atoms with Crippen LogP contribution < -0.4 is 4.74 Å². The second-order valence-corrected chi connectivity index (χ2v) is 5.86. The Balaban J connectivity index is 2.45. The zero-order valence-corrected chi connectivity index (χ0v) is 13.5. The highest BCUT2D eigenvalue weighted by Crippen LogP contribution is 2.36. The molecule has 0 aromatic heterocycles. The van der Waals surface area contributed by atoms with Gasteiger partial charge in [-0.3, -0.25) is 0 Å². The molecule has 0 N–H and O–H groups in total. The molecule has 2 aromatic carbocycles. The molecule has 0 saturated heterocycles. The molecule has 2 aromatic rings. The molecule has 1 unspecified atom stereocenters. The van der Waals surface area contributed by atoms with Crippen LogP contribution in [0.3, 0.4) is 0 Å². The van der Waals surface area contributed by atoms with E-state index in [1.807, 2.05) is 38.1 Å². The summed E-state index contributed by atoms with van der Waals surface area (Å²) >= 11 is 10.2. The lowest BCUT2D eigenvalue weighted by Gasteiger charge is -2.16. The Morgan fingerprint density at radius 2 is 1.68 bits per heavy atom. The van der Waals surface area contributed by atoms with Crippen LogP contribution in [-0.2, 0) is 0 Å². The van der Waals surface area contributed by atoms with Gasteiger partial charge in [-0.1, -0.05) is 46.3 Å². The lowest BCUT2D eigenvalue weighted by molar-refractivity contribution is 0.408. The van der Waals surface area contributed by atoms with Crippen molar-refractivity contribution < 1.29 is 4.74 Å². The van der Waals surface area contributed by atoms with Gasteiger partial charge >= 0.3 is 0 Å². The Hall–Kier alpha value is -0.990. The predicted molar refractivity (Wildman–Crippen MR) is 84.3 cm³/mol. The van der Waals surface area contributed by atoms with Gasteiger partial charge in [-0.05, 0) is 42.2 Å². The average molecular weight is 340 g/mol. The molecule has 0 amide bonds. The van der Waals surface area contributed by atoms with Crippen LogP contribution in [0.25, 0.3) is 0 Å². The van der Waals surface area contributed by atoms with Crippen molar-refractivity contribution in [1.82, 2.24) is 0 Å². The average Bonchev–Trinajstić information content (AvgIpc) is 2.38. The van der Waals surface area contributed by atoms with Gasteiger partial charge in [0.15, 0.2) is 0 Å². The highest BCUT2D eigenvalue weighted by molar-refractivity contribution is 9.10. The Morgan fingerprint density at radius 1 is 1.11 bits per heavy atom. The first-order chi connectivity index (χ1) is 9.04. The summed E-state index contributed by atoms with van der Waals surface area (Å²) < 4.78 is 6.42. The Morgan fingerprint density at radius 3 is 2.21 bits per heavy atom. The molecule has 19 heavy (non-hydrogen) atoms. The maximum atomic E-state index is 6.61. The zero-order valence-electron chi connectivity index (χ0n) is 11.2. The summed E-state index contributed by atoms with van der Waals surface area (Å²) in [6.45, 7) is 4.08. The van der Waals surface area contributed by atoms with Crippen LogP contribution in [0, 0.1) is 13.8 Å². The summed E-state index contributed by atoms with van der Waals surface area (Å²) in [4.78, 5) is 0. The normalized spacial score (nSPS) is 12.3. The van der Waals surface area contributed by atoms with E-state index in [9.17, 15) is 0 Å². The van der Waals surface area contributed by atoms with E-state index < -0.39 is 0 Å². The minimum atomic E-state index is -0.168. The van der Waals surface area contributed by atoms with Crippen molar-refractivity contribution in [3.8, 4) is 5.75 Å². The van der Waals surface area contributed by atoms with E-state index in [-0.39, 0.29) is 5.38 Å².